The van der Waals surface area contributed by atoms with Gasteiger partial charge in [0.2, 0.25) is 0 Å². The van der Waals surface area contributed by atoms with E-state index in [9.17, 15) is 0 Å². The molecule has 0 heterocycles. The largest absolute Gasteiger partial charge is 0.310 e. The third kappa shape index (κ3) is 2.50. The van der Waals surface area contributed by atoms with Gasteiger partial charge < -0.3 is 5.41 Å². The van der Waals surface area contributed by atoms with Crippen LogP contribution in [0.1, 0.15) is 25.0 Å². The summed E-state index contributed by atoms with van der Waals surface area (Å²) in [5.74, 6) is 0. The predicted octanol–water partition coefficient (Wildman–Crippen LogP) is 2.83. The van der Waals surface area contributed by atoms with Crippen LogP contribution in [-0.2, 0) is 12.8 Å². The molecule has 64 valence electrons. The van der Waals surface area contributed by atoms with Crippen molar-refractivity contribution in [2.24, 2.45) is 0 Å². The summed E-state index contributed by atoms with van der Waals surface area (Å²) >= 11 is 0. The van der Waals surface area contributed by atoms with Gasteiger partial charge in [-0.25, -0.2) is 0 Å². The average Bonchev–Trinajstić information content (AvgIpc) is 2.05. The van der Waals surface area contributed by atoms with Crippen LogP contribution < -0.4 is 0 Å². The molecule has 1 aromatic carbocycles. The number of hydrogen-bond acceptors (Lipinski definition) is 1. The summed E-state index contributed by atoms with van der Waals surface area (Å²) in [4.78, 5) is 0. The number of nitrogens with one attached hydrogen (secondary N) is 1. The molecular formula is C11H15N. The Balaban J connectivity index is 2.71. The summed E-state index contributed by atoms with van der Waals surface area (Å²) in [6, 6.07) is 8.49. The highest BCUT2D eigenvalue weighted by atomic mass is 14.4. The smallest absolute Gasteiger partial charge is 0.0102 e. The molecule has 0 fully saturated rings. The Labute approximate surface area is 73.9 Å². The maximum absolute atomic E-state index is 7.33. The third-order valence-corrected chi connectivity index (χ3v) is 1.90. The maximum Gasteiger partial charge on any atom is 0.0102 e. The summed E-state index contributed by atoms with van der Waals surface area (Å²) in [6.45, 7) is 3.99. The Kier molecular flexibility index (Phi) is 3.03. The van der Waals surface area contributed by atoms with Gasteiger partial charge in [-0.05, 0) is 24.5 Å². The van der Waals surface area contributed by atoms with E-state index in [1.54, 1.807) is 0 Å². The summed E-state index contributed by atoms with van der Waals surface area (Å²) in [5.41, 5.74) is 3.32. The molecule has 0 aliphatic heterocycles. The van der Waals surface area contributed by atoms with Crippen molar-refractivity contribution in [1.82, 2.24) is 0 Å². The molecule has 1 nitrogen and oxygen atoms in total. The van der Waals surface area contributed by atoms with Gasteiger partial charge in [0.15, 0.2) is 0 Å². The van der Waals surface area contributed by atoms with Crippen molar-refractivity contribution in [1.29, 1.82) is 5.41 Å². The van der Waals surface area contributed by atoms with Crippen LogP contribution in [0.3, 0.4) is 0 Å². The first-order valence-electron chi connectivity index (χ1n) is 4.34. The summed E-state index contributed by atoms with van der Waals surface area (Å²) in [5, 5.41) is 7.33. The number of aryl methyl sites for hydroxylation is 1. The van der Waals surface area contributed by atoms with Crippen LogP contribution in [0.2, 0.25) is 0 Å². The zero-order valence-corrected chi connectivity index (χ0v) is 7.72. The highest BCUT2D eigenvalue weighted by molar-refractivity contribution is 5.80. The van der Waals surface area contributed by atoms with Crippen LogP contribution in [0.4, 0.5) is 0 Å². The molecule has 1 aromatic rings. The van der Waals surface area contributed by atoms with Gasteiger partial charge in [0.25, 0.3) is 0 Å². The monoisotopic (exact) mass is 161 g/mol. The van der Waals surface area contributed by atoms with Crippen molar-refractivity contribution in [3.05, 3.63) is 35.4 Å². The van der Waals surface area contributed by atoms with E-state index in [-0.39, 0.29) is 0 Å². The van der Waals surface area contributed by atoms with Crippen molar-refractivity contribution in [2.75, 3.05) is 0 Å². The van der Waals surface area contributed by atoms with Crippen LogP contribution in [0.5, 0.6) is 0 Å². The second-order valence-electron chi connectivity index (χ2n) is 3.13. The van der Waals surface area contributed by atoms with Gasteiger partial charge in [-0.15, -0.1) is 0 Å². The lowest BCUT2D eigenvalue weighted by Crippen LogP contribution is -1.94. The first kappa shape index (κ1) is 8.98. The van der Waals surface area contributed by atoms with Gasteiger partial charge in [0, 0.05) is 12.1 Å². The fraction of sp³-hybridized carbons (Fsp3) is 0.364. The maximum atomic E-state index is 7.33. The molecule has 0 radical (unpaired) electrons. The van der Waals surface area contributed by atoms with Gasteiger partial charge in [-0.3, -0.25) is 0 Å². The van der Waals surface area contributed by atoms with Gasteiger partial charge in [-0.2, -0.15) is 0 Å². The Morgan fingerprint density at radius 2 is 1.67 bits per heavy atom. The molecule has 0 aliphatic carbocycles. The van der Waals surface area contributed by atoms with E-state index in [1.807, 2.05) is 6.92 Å². The summed E-state index contributed by atoms with van der Waals surface area (Å²) in [6.07, 6.45) is 1.87. The van der Waals surface area contributed by atoms with Crippen molar-refractivity contribution in [3.63, 3.8) is 0 Å². The number of hydrogen-bond donors (Lipinski definition) is 1. The molecule has 0 amide bonds. The van der Waals surface area contributed by atoms with E-state index in [0.29, 0.717) is 0 Å². The highest BCUT2D eigenvalue weighted by Gasteiger charge is 1.93. The van der Waals surface area contributed by atoms with E-state index in [4.69, 9.17) is 5.41 Å². The summed E-state index contributed by atoms with van der Waals surface area (Å²) < 4.78 is 0. The van der Waals surface area contributed by atoms with E-state index in [2.05, 4.69) is 31.2 Å². The van der Waals surface area contributed by atoms with Crippen molar-refractivity contribution in [3.8, 4) is 0 Å². The first-order chi connectivity index (χ1) is 5.72. The van der Waals surface area contributed by atoms with Crippen LogP contribution in [0, 0.1) is 5.41 Å². The van der Waals surface area contributed by atoms with E-state index < -0.39 is 0 Å². The Morgan fingerprint density at radius 1 is 1.17 bits per heavy atom. The standard InChI is InChI=1S/C11H15N/c1-3-10-4-6-11(7-5-10)8-9(2)12/h4-7,12H,3,8H2,1-2H3. The van der Waals surface area contributed by atoms with Gasteiger partial charge in [0.05, 0.1) is 0 Å². The Bertz CT molecular complexity index is 259. The van der Waals surface area contributed by atoms with Gasteiger partial charge in [0.1, 0.15) is 0 Å². The van der Waals surface area contributed by atoms with Crippen molar-refractivity contribution in [2.45, 2.75) is 26.7 Å². The molecule has 0 unspecified atom stereocenters. The molecule has 12 heavy (non-hydrogen) atoms. The van der Waals surface area contributed by atoms with Gasteiger partial charge in [-0.1, -0.05) is 31.2 Å². The molecule has 0 atom stereocenters. The van der Waals surface area contributed by atoms with Crippen molar-refractivity contribution >= 4 is 5.71 Å². The Hall–Kier alpha value is -1.11. The zero-order chi connectivity index (χ0) is 8.97. The SMILES string of the molecule is CCc1ccc(CC(C)=N)cc1. The lowest BCUT2D eigenvalue weighted by molar-refractivity contribution is 1.13. The molecule has 0 bridgehead atoms. The van der Waals surface area contributed by atoms with Crippen LogP contribution in [0.25, 0.3) is 0 Å². The second kappa shape index (κ2) is 4.05. The number of rotatable bonds is 3. The topological polar surface area (TPSA) is 23.9 Å². The van der Waals surface area contributed by atoms with E-state index >= 15 is 0 Å². The van der Waals surface area contributed by atoms with Crippen LogP contribution in [0.15, 0.2) is 24.3 Å². The lowest BCUT2D eigenvalue weighted by Gasteiger charge is -2.00. The average molecular weight is 161 g/mol. The van der Waals surface area contributed by atoms with Gasteiger partial charge >= 0.3 is 0 Å². The zero-order valence-electron chi connectivity index (χ0n) is 7.72. The minimum atomic E-state index is 0.722. The first-order valence-corrected chi connectivity index (χ1v) is 4.34. The molecule has 0 aromatic heterocycles. The lowest BCUT2D eigenvalue weighted by atomic mass is 10.1. The fourth-order valence-electron chi connectivity index (χ4n) is 1.20. The van der Waals surface area contributed by atoms with E-state index in [1.165, 1.54) is 11.1 Å². The van der Waals surface area contributed by atoms with E-state index in [0.717, 1.165) is 18.6 Å². The van der Waals surface area contributed by atoms with Crippen molar-refractivity contribution < 1.29 is 0 Å². The molecule has 0 saturated carbocycles. The molecule has 0 aliphatic rings. The molecule has 1 rings (SSSR count). The minimum absolute atomic E-state index is 0.722. The normalized spacial score (nSPS) is 9.83. The van der Waals surface area contributed by atoms with Crippen LogP contribution in [-0.4, -0.2) is 5.71 Å². The second-order valence-corrected chi connectivity index (χ2v) is 3.13. The summed E-state index contributed by atoms with van der Waals surface area (Å²) in [7, 11) is 0. The Morgan fingerprint density at radius 3 is 2.08 bits per heavy atom. The minimum Gasteiger partial charge on any atom is -0.310 e. The molecule has 1 N–H and O–H groups in total. The van der Waals surface area contributed by atoms with Crippen LogP contribution >= 0.6 is 0 Å². The molecule has 1 heteroatoms. The molecule has 0 saturated heterocycles. The number of benzene rings is 1. The molecular weight excluding hydrogens is 146 g/mol. The molecule has 0 spiro atoms. The third-order valence-electron chi connectivity index (χ3n) is 1.90. The highest BCUT2D eigenvalue weighted by Crippen LogP contribution is 2.05. The predicted molar refractivity (Wildman–Crippen MR) is 52.9 cm³/mol. The quantitative estimate of drug-likeness (QED) is 0.659. The fourth-order valence-corrected chi connectivity index (χ4v) is 1.20.